The molecular formula is C11H14F3NO2. The van der Waals surface area contributed by atoms with E-state index in [1.54, 1.807) is 13.0 Å². The summed E-state index contributed by atoms with van der Waals surface area (Å²) in [4.78, 5) is 9.00. The van der Waals surface area contributed by atoms with Gasteiger partial charge in [-0.1, -0.05) is 12.1 Å². The number of rotatable bonds is 1. The number of carbonyl (C=O) groups is 1. The summed E-state index contributed by atoms with van der Waals surface area (Å²) in [6, 6.07) is 4.68. The maximum Gasteiger partial charge on any atom is 0.416 e. The number of benzene rings is 1. The van der Waals surface area contributed by atoms with Gasteiger partial charge < -0.3 is 10.8 Å². The maximum absolute atomic E-state index is 12.2. The number of alkyl halides is 3. The zero-order valence-electron chi connectivity index (χ0n) is 9.45. The fourth-order valence-corrected chi connectivity index (χ4v) is 0.998. The van der Waals surface area contributed by atoms with Gasteiger partial charge in [0.15, 0.2) is 0 Å². The molecule has 0 unspecified atom stereocenters. The average Bonchev–Trinajstić information content (AvgIpc) is 2.15. The van der Waals surface area contributed by atoms with E-state index in [4.69, 9.17) is 15.6 Å². The summed E-state index contributed by atoms with van der Waals surface area (Å²) in [7, 11) is 0. The molecule has 1 aromatic carbocycles. The lowest BCUT2D eigenvalue weighted by Crippen LogP contribution is -2.09. The standard InChI is InChI=1S/C9H10F3N.C2H4O2/c1-6(13)7-3-2-4-8(5-7)9(10,11)12;1-2(3)4/h2-6H,13H2,1H3;1H3,(H,3,4)/t6-;/m1./s1. The Labute approximate surface area is 97.1 Å². The van der Waals surface area contributed by atoms with Crippen LogP contribution in [0.2, 0.25) is 0 Å². The topological polar surface area (TPSA) is 63.3 Å². The summed E-state index contributed by atoms with van der Waals surface area (Å²) in [5, 5.41) is 7.42. The number of hydrogen-bond acceptors (Lipinski definition) is 2. The second kappa shape index (κ2) is 6.24. The maximum atomic E-state index is 12.2. The van der Waals surface area contributed by atoms with Gasteiger partial charge in [0, 0.05) is 13.0 Å². The Morgan fingerprint density at radius 2 is 1.88 bits per heavy atom. The van der Waals surface area contributed by atoms with Gasteiger partial charge in [0.1, 0.15) is 0 Å². The lowest BCUT2D eigenvalue weighted by atomic mass is 10.1. The highest BCUT2D eigenvalue weighted by molar-refractivity contribution is 5.62. The fourth-order valence-electron chi connectivity index (χ4n) is 0.998. The van der Waals surface area contributed by atoms with Crippen LogP contribution in [0.25, 0.3) is 0 Å². The van der Waals surface area contributed by atoms with Gasteiger partial charge in [-0.15, -0.1) is 0 Å². The van der Waals surface area contributed by atoms with E-state index >= 15 is 0 Å². The predicted octanol–water partition coefficient (Wildman–Crippen LogP) is 2.82. The molecule has 0 saturated carbocycles. The van der Waals surface area contributed by atoms with E-state index in [0.29, 0.717) is 5.56 Å². The Hall–Kier alpha value is -1.56. The van der Waals surface area contributed by atoms with Crippen molar-refractivity contribution in [2.45, 2.75) is 26.1 Å². The van der Waals surface area contributed by atoms with E-state index in [1.165, 1.54) is 6.07 Å². The molecule has 0 fully saturated rings. The second-order valence-corrected chi connectivity index (χ2v) is 3.43. The first-order valence-electron chi connectivity index (χ1n) is 4.77. The largest absolute Gasteiger partial charge is 0.481 e. The van der Waals surface area contributed by atoms with Crippen LogP contribution in [0, 0.1) is 0 Å². The third-order valence-corrected chi connectivity index (χ3v) is 1.74. The van der Waals surface area contributed by atoms with E-state index in [-0.39, 0.29) is 6.04 Å². The summed E-state index contributed by atoms with van der Waals surface area (Å²) in [6.07, 6.45) is -4.29. The Bertz CT molecular complexity index is 371. The number of carboxylic acids is 1. The normalized spacial score (nSPS) is 12.4. The van der Waals surface area contributed by atoms with Crippen molar-refractivity contribution in [3.05, 3.63) is 35.4 Å². The molecule has 3 N–H and O–H groups in total. The van der Waals surface area contributed by atoms with Crippen LogP contribution in [0.1, 0.15) is 31.0 Å². The van der Waals surface area contributed by atoms with Crippen molar-refractivity contribution in [3.63, 3.8) is 0 Å². The highest BCUT2D eigenvalue weighted by atomic mass is 19.4. The summed E-state index contributed by atoms with van der Waals surface area (Å²) in [5.74, 6) is -0.833. The van der Waals surface area contributed by atoms with Gasteiger partial charge >= 0.3 is 6.18 Å². The molecule has 0 amide bonds. The predicted molar refractivity (Wildman–Crippen MR) is 57.4 cm³/mol. The molecule has 0 aliphatic heterocycles. The summed E-state index contributed by atoms with van der Waals surface area (Å²) < 4.78 is 36.6. The van der Waals surface area contributed by atoms with E-state index in [1.807, 2.05) is 0 Å². The molecule has 0 aromatic heterocycles. The first-order valence-corrected chi connectivity index (χ1v) is 4.77. The number of carboxylic acid groups (broad SMARTS) is 1. The highest BCUT2D eigenvalue weighted by Gasteiger charge is 2.30. The smallest absolute Gasteiger partial charge is 0.416 e. The van der Waals surface area contributed by atoms with Crippen LogP contribution < -0.4 is 5.73 Å². The number of hydrogen-bond donors (Lipinski definition) is 2. The van der Waals surface area contributed by atoms with Crippen molar-refractivity contribution < 1.29 is 23.1 Å². The number of nitrogens with two attached hydrogens (primary N) is 1. The van der Waals surface area contributed by atoms with Crippen molar-refractivity contribution in [2.75, 3.05) is 0 Å². The minimum atomic E-state index is -4.29. The molecule has 0 bridgehead atoms. The molecule has 17 heavy (non-hydrogen) atoms. The van der Waals surface area contributed by atoms with E-state index < -0.39 is 17.7 Å². The van der Waals surface area contributed by atoms with Crippen molar-refractivity contribution in [1.82, 2.24) is 0 Å². The van der Waals surface area contributed by atoms with E-state index in [9.17, 15) is 13.2 Å². The molecule has 0 saturated heterocycles. The zero-order valence-corrected chi connectivity index (χ0v) is 9.45. The molecule has 1 atom stereocenters. The van der Waals surface area contributed by atoms with Crippen LogP contribution >= 0.6 is 0 Å². The van der Waals surface area contributed by atoms with Crippen molar-refractivity contribution in [2.24, 2.45) is 5.73 Å². The van der Waals surface area contributed by atoms with Gasteiger partial charge in [0.25, 0.3) is 5.97 Å². The molecule has 6 heteroatoms. The lowest BCUT2D eigenvalue weighted by molar-refractivity contribution is -0.137. The van der Waals surface area contributed by atoms with Crippen LogP contribution in [-0.4, -0.2) is 11.1 Å². The molecule has 3 nitrogen and oxygen atoms in total. The second-order valence-electron chi connectivity index (χ2n) is 3.43. The molecular weight excluding hydrogens is 235 g/mol. The molecule has 0 aliphatic rings. The van der Waals surface area contributed by atoms with Gasteiger partial charge in [-0.25, -0.2) is 0 Å². The molecule has 1 aromatic rings. The first-order chi connectivity index (χ1) is 7.64. The SMILES string of the molecule is CC(=O)O.C[C@@H](N)c1cccc(C(F)(F)F)c1. The first kappa shape index (κ1) is 15.4. The lowest BCUT2D eigenvalue weighted by Gasteiger charge is -2.10. The highest BCUT2D eigenvalue weighted by Crippen LogP contribution is 2.30. The van der Waals surface area contributed by atoms with Crippen molar-refractivity contribution >= 4 is 5.97 Å². The monoisotopic (exact) mass is 249 g/mol. The molecule has 0 aliphatic carbocycles. The summed E-state index contributed by atoms with van der Waals surface area (Å²) >= 11 is 0. The minimum absolute atomic E-state index is 0.373. The summed E-state index contributed by atoms with van der Waals surface area (Å²) in [5.41, 5.74) is 5.30. The molecule has 1 rings (SSSR count). The fraction of sp³-hybridized carbons (Fsp3) is 0.364. The zero-order chi connectivity index (χ0) is 13.6. The average molecular weight is 249 g/mol. The van der Waals surface area contributed by atoms with Gasteiger partial charge in [-0.2, -0.15) is 13.2 Å². The number of halogens is 3. The van der Waals surface area contributed by atoms with Crippen LogP contribution in [0.3, 0.4) is 0 Å². The molecule has 0 radical (unpaired) electrons. The molecule has 0 spiro atoms. The quantitative estimate of drug-likeness (QED) is 0.804. The van der Waals surface area contributed by atoms with Gasteiger partial charge in [0.2, 0.25) is 0 Å². The van der Waals surface area contributed by atoms with Gasteiger partial charge in [0.05, 0.1) is 5.56 Å². The third-order valence-electron chi connectivity index (χ3n) is 1.74. The van der Waals surface area contributed by atoms with E-state index in [0.717, 1.165) is 19.1 Å². The Balaban J connectivity index is 0.000000557. The Morgan fingerprint density at radius 3 is 2.24 bits per heavy atom. The van der Waals surface area contributed by atoms with Gasteiger partial charge in [-0.3, -0.25) is 4.79 Å². The summed E-state index contributed by atoms with van der Waals surface area (Å²) in [6.45, 7) is 2.73. The Kier molecular flexibility index (Phi) is 5.67. The van der Waals surface area contributed by atoms with Crippen LogP contribution in [0.4, 0.5) is 13.2 Å². The Morgan fingerprint density at radius 1 is 1.41 bits per heavy atom. The van der Waals surface area contributed by atoms with Crippen LogP contribution in [0.15, 0.2) is 24.3 Å². The molecule has 96 valence electrons. The molecule has 0 heterocycles. The number of aliphatic carboxylic acids is 1. The van der Waals surface area contributed by atoms with E-state index in [2.05, 4.69) is 0 Å². The van der Waals surface area contributed by atoms with Crippen molar-refractivity contribution in [3.8, 4) is 0 Å². The van der Waals surface area contributed by atoms with Crippen LogP contribution in [0.5, 0.6) is 0 Å². The van der Waals surface area contributed by atoms with Crippen LogP contribution in [-0.2, 0) is 11.0 Å². The van der Waals surface area contributed by atoms with Gasteiger partial charge in [-0.05, 0) is 24.6 Å². The minimum Gasteiger partial charge on any atom is -0.481 e. The van der Waals surface area contributed by atoms with Crippen molar-refractivity contribution in [1.29, 1.82) is 0 Å². The third kappa shape index (κ3) is 6.57.